The molecule has 0 aliphatic heterocycles. The third-order valence-corrected chi connectivity index (χ3v) is 4.82. The second kappa shape index (κ2) is 11.7. The van der Waals surface area contributed by atoms with E-state index in [1.165, 1.54) is 25.7 Å². The fourth-order valence-electron chi connectivity index (χ4n) is 2.77. The third kappa shape index (κ3) is 7.17. The van der Waals surface area contributed by atoms with Gasteiger partial charge in [0.05, 0.1) is 6.61 Å². The summed E-state index contributed by atoms with van der Waals surface area (Å²) in [5.74, 6) is 0.943. The van der Waals surface area contributed by atoms with Crippen LogP contribution in [0.25, 0.3) is 0 Å². The number of halogens is 1. The largest absolute Gasteiger partial charge is 0.494 e. The van der Waals surface area contributed by atoms with Crippen LogP contribution in [0.4, 0.5) is 11.4 Å². The summed E-state index contributed by atoms with van der Waals surface area (Å²) < 4.78 is 5.80. The third-order valence-electron chi connectivity index (χ3n) is 4.41. The molecule has 26 heavy (non-hydrogen) atoms. The van der Waals surface area contributed by atoms with Crippen LogP contribution in [0.3, 0.4) is 0 Å². The summed E-state index contributed by atoms with van der Waals surface area (Å²) in [6.45, 7) is 6.74. The minimum atomic E-state index is 0.795. The van der Waals surface area contributed by atoms with Crippen molar-refractivity contribution in [2.45, 2.75) is 46.0 Å². The van der Waals surface area contributed by atoms with Gasteiger partial charge in [0.2, 0.25) is 0 Å². The van der Waals surface area contributed by atoms with E-state index in [4.69, 9.17) is 16.3 Å². The lowest BCUT2D eigenvalue weighted by molar-refractivity contribution is 0.304. The number of benzene rings is 2. The minimum absolute atomic E-state index is 0.795. The molecule has 0 saturated carbocycles. The molecule has 2 aromatic carbocycles. The summed E-state index contributed by atoms with van der Waals surface area (Å²) in [5, 5.41) is 7.62. The van der Waals surface area contributed by atoms with Gasteiger partial charge in [0.1, 0.15) is 5.75 Å². The van der Waals surface area contributed by atoms with Gasteiger partial charge in [0.25, 0.3) is 0 Å². The van der Waals surface area contributed by atoms with Gasteiger partial charge in [-0.2, -0.15) is 0 Å². The van der Waals surface area contributed by atoms with E-state index in [-0.39, 0.29) is 0 Å². The number of rotatable bonds is 12. The van der Waals surface area contributed by atoms with E-state index in [1.807, 2.05) is 31.2 Å². The lowest BCUT2D eigenvalue weighted by atomic mass is 10.2. The molecule has 0 aliphatic rings. The zero-order valence-corrected chi connectivity index (χ0v) is 16.7. The number of nitrogens with one attached hydrogen (secondary N) is 2. The number of unbranched alkanes of at least 4 members (excludes halogenated alkanes) is 4. The van der Waals surface area contributed by atoms with E-state index < -0.39 is 0 Å². The molecule has 0 amide bonds. The van der Waals surface area contributed by atoms with E-state index in [0.717, 1.165) is 53.8 Å². The van der Waals surface area contributed by atoms with Crippen LogP contribution in [0.2, 0.25) is 5.02 Å². The Bertz CT molecular complexity index is 643. The van der Waals surface area contributed by atoms with E-state index in [9.17, 15) is 0 Å². The highest BCUT2D eigenvalue weighted by molar-refractivity contribution is 6.31. The summed E-state index contributed by atoms with van der Waals surface area (Å²) in [5.41, 5.74) is 3.28. The van der Waals surface area contributed by atoms with Crippen LogP contribution in [0, 0.1) is 6.92 Å². The molecule has 142 valence electrons. The van der Waals surface area contributed by atoms with Gasteiger partial charge >= 0.3 is 0 Å². The van der Waals surface area contributed by atoms with Crippen molar-refractivity contribution in [3.8, 4) is 5.75 Å². The molecule has 0 unspecified atom stereocenters. The maximum absolute atomic E-state index is 6.14. The molecule has 0 spiro atoms. The van der Waals surface area contributed by atoms with Gasteiger partial charge in [-0.3, -0.25) is 0 Å². The van der Waals surface area contributed by atoms with Crippen molar-refractivity contribution >= 4 is 23.0 Å². The van der Waals surface area contributed by atoms with Crippen LogP contribution >= 0.6 is 11.6 Å². The summed E-state index contributed by atoms with van der Waals surface area (Å²) >= 11 is 6.14. The average Bonchev–Trinajstić information content (AvgIpc) is 2.66. The maximum atomic E-state index is 6.14. The second-order valence-electron chi connectivity index (χ2n) is 6.55. The van der Waals surface area contributed by atoms with Gasteiger partial charge in [-0.1, -0.05) is 50.3 Å². The SMILES string of the molecule is CCCCCCCOc1ccc(NCCNc2cccc(Cl)c2C)cc1. The highest BCUT2D eigenvalue weighted by Gasteiger charge is 2.01. The molecule has 0 fully saturated rings. The topological polar surface area (TPSA) is 33.3 Å². The molecule has 0 bridgehead atoms. The van der Waals surface area contributed by atoms with Crippen molar-refractivity contribution in [3.63, 3.8) is 0 Å². The summed E-state index contributed by atoms with van der Waals surface area (Å²) in [7, 11) is 0. The molecule has 0 aliphatic carbocycles. The highest BCUT2D eigenvalue weighted by Crippen LogP contribution is 2.22. The van der Waals surface area contributed by atoms with Crippen LogP contribution in [0.5, 0.6) is 5.75 Å². The molecule has 0 heterocycles. The molecule has 0 saturated heterocycles. The monoisotopic (exact) mass is 374 g/mol. The van der Waals surface area contributed by atoms with Crippen molar-refractivity contribution in [1.82, 2.24) is 0 Å². The first kappa shape index (κ1) is 20.4. The molecule has 2 rings (SSSR count). The van der Waals surface area contributed by atoms with Crippen LogP contribution in [0.15, 0.2) is 42.5 Å². The van der Waals surface area contributed by atoms with Gasteiger partial charge < -0.3 is 15.4 Å². The van der Waals surface area contributed by atoms with Crippen molar-refractivity contribution < 1.29 is 4.74 Å². The van der Waals surface area contributed by atoms with Crippen LogP contribution < -0.4 is 15.4 Å². The minimum Gasteiger partial charge on any atom is -0.494 e. The fourth-order valence-corrected chi connectivity index (χ4v) is 2.94. The average molecular weight is 375 g/mol. The van der Waals surface area contributed by atoms with E-state index in [1.54, 1.807) is 0 Å². The molecule has 0 aromatic heterocycles. The zero-order chi connectivity index (χ0) is 18.6. The number of hydrogen-bond donors (Lipinski definition) is 2. The first-order valence-electron chi connectivity index (χ1n) is 9.66. The summed E-state index contributed by atoms with van der Waals surface area (Å²) in [4.78, 5) is 0. The molecule has 0 radical (unpaired) electrons. The molecule has 2 aromatic rings. The van der Waals surface area contributed by atoms with Crippen LogP contribution in [-0.2, 0) is 0 Å². The normalized spacial score (nSPS) is 10.6. The molecular formula is C22H31ClN2O. The Balaban J connectivity index is 1.63. The van der Waals surface area contributed by atoms with Crippen molar-refractivity contribution in [2.24, 2.45) is 0 Å². The van der Waals surface area contributed by atoms with Crippen LogP contribution in [0.1, 0.15) is 44.6 Å². The Morgan fingerprint density at radius 3 is 2.38 bits per heavy atom. The summed E-state index contributed by atoms with van der Waals surface area (Å²) in [6, 6.07) is 14.1. The summed E-state index contributed by atoms with van der Waals surface area (Å²) in [6.07, 6.45) is 6.31. The first-order chi connectivity index (χ1) is 12.7. The Morgan fingerprint density at radius 2 is 1.62 bits per heavy atom. The van der Waals surface area contributed by atoms with Crippen molar-refractivity contribution in [2.75, 3.05) is 30.3 Å². The maximum Gasteiger partial charge on any atom is 0.119 e. The van der Waals surface area contributed by atoms with Crippen molar-refractivity contribution in [3.05, 3.63) is 53.1 Å². The Labute approximate surface area is 163 Å². The smallest absolute Gasteiger partial charge is 0.119 e. The predicted molar refractivity (Wildman–Crippen MR) is 114 cm³/mol. The molecule has 2 N–H and O–H groups in total. The Hall–Kier alpha value is -1.87. The van der Waals surface area contributed by atoms with Gasteiger partial charge in [-0.05, 0) is 55.3 Å². The molecule has 4 heteroatoms. The second-order valence-corrected chi connectivity index (χ2v) is 6.96. The van der Waals surface area contributed by atoms with Gasteiger partial charge in [-0.15, -0.1) is 0 Å². The van der Waals surface area contributed by atoms with Crippen molar-refractivity contribution in [1.29, 1.82) is 0 Å². The standard InChI is InChI=1S/C22H31ClN2O/c1-3-4-5-6-7-17-26-20-13-11-19(12-14-20)24-15-16-25-22-10-8-9-21(23)18(22)2/h8-14,24-25H,3-7,15-17H2,1-2H3. The predicted octanol–water partition coefficient (Wildman–Crippen LogP) is 6.52. The lowest BCUT2D eigenvalue weighted by Crippen LogP contribution is -2.14. The highest BCUT2D eigenvalue weighted by atomic mass is 35.5. The van der Waals surface area contributed by atoms with Gasteiger partial charge in [0.15, 0.2) is 0 Å². The molecule has 3 nitrogen and oxygen atoms in total. The number of ether oxygens (including phenoxy) is 1. The molecule has 0 atom stereocenters. The Kier molecular flexibility index (Phi) is 9.19. The van der Waals surface area contributed by atoms with Gasteiger partial charge in [0, 0.05) is 29.5 Å². The number of hydrogen-bond acceptors (Lipinski definition) is 3. The van der Waals surface area contributed by atoms with E-state index in [2.05, 4.69) is 35.8 Å². The lowest BCUT2D eigenvalue weighted by Gasteiger charge is -2.12. The zero-order valence-electron chi connectivity index (χ0n) is 16.0. The fraction of sp³-hybridized carbons (Fsp3) is 0.455. The molecular weight excluding hydrogens is 344 g/mol. The quantitative estimate of drug-likeness (QED) is 0.415. The van der Waals surface area contributed by atoms with Gasteiger partial charge in [-0.25, -0.2) is 0 Å². The first-order valence-corrected chi connectivity index (χ1v) is 10.0. The van der Waals surface area contributed by atoms with E-state index >= 15 is 0 Å². The number of anilines is 2. The Morgan fingerprint density at radius 1 is 0.885 bits per heavy atom. The van der Waals surface area contributed by atoms with E-state index in [0.29, 0.717) is 0 Å². The van der Waals surface area contributed by atoms with Crippen LogP contribution in [-0.4, -0.2) is 19.7 Å².